The predicted octanol–water partition coefficient (Wildman–Crippen LogP) is 3.08. The van der Waals surface area contributed by atoms with Crippen molar-refractivity contribution in [1.29, 1.82) is 0 Å². The van der Waals surface area contributed by atoms with Gasteiger partial charge < -0.3 is 11.1 Å². The van der Waals surface area contributed by atoms with Gasteiger partial charge in [0.05, 0.1) is 11.3 Å². The van der Waals surface area contributed by atoms with Crippen molar-refractivity contribution in [3.63, 3.8) is 0 Å². The van der Waals surface area contributed by atoms with Crippen LogP contribution in [0.3, 0.4) is 0 Å². The first kappa shape index (κ1) is 17.9. The molecule has 0 spiro atoms. The second kappa shape index (κ2) is 7.13. The van der Waals surface area contributed by atoms with Gasteiger partial charge >= 0.3 is 0 Å². The highest BCUT2D eigenvalue weighted by atomic mass is 35.5. The van der Waals surface area contributed by atoms with Crippen LogP contribution in [0.2, 0.25) is 0 Å². The van der Waals surface area contributed by atoms with Gasteiger partial charge in [0.15, 0.2) is 0 Å². The molecular formula is C18H16ClFN4O2. The summed E-state index contributed by atoms with van der Waals surface area (Å²) >= 11 is 5.67. The van der Waals surface area contributed by atoms with Gasteiger partial charge in [0.2, 0.25) is 5.91 Å². The molecule has 0 radical (unpaired) electrons. The van der Waals surface area contributed by atoms with Crippen molar-refractivity contribution in [3.05, 3.63) is 54.0 Å². The number of carbonyl (C=O) groups excluding carboxylic acids is 2. The number of halogens is 2. The van der Waals surface area contributed by atoms with E-state index in [1.54, 1.807) is 37.4 Å². The first-order valence-electron chi connectivity index (χ1n) is 7.85. The molecule has 0 aliphatic rings. The van der Waals surface area contributed by atoms with E-state index in [1.165, 1.54) is 10.7 Å². The number of rotatable bonds is 5. The number of nitrogens with two attached hydrogens (primary N) is 1. The molecule has 26 heavy (non-hydrogen) atoms. The van der Waals surface area contributed by atoms with Crippen LogP contribution in [0.5, 0.6) is 0 Å². The molecule has 0 aliphatic carbocycles. The van der Waals surface area contributed by atoms with E-state index in [2.05, 4.69) is 10.4 Å². The average molecular weight is 375 g/mol. The van der Waals surface area contributed by atoms with Gasteiger partial charge in [0, 0.05) is 29.1 Å². The molecule has 1 aromatic heterocycles. The summed E-state index contributed by atoms with van der Waals surface area (Å²) in [6.07, 6.45) is 1.61. The molecular weight excluding hydrogens is 359 g/mol. The minimum absolute atomic E-state index is 0.0256. The SMILES string of the molecule is CC(CCl)C(=O)Nc1ccc(-n2cc3cc(F)cc(C(N)=O)c3n2)cc1. The third-order valence-electron chi connectivity index (χ3n) is 3.92. The lowest BCUT2D eigenvalue weighted by atomic mass is 10.1. The van der Waals surface area contributed by atoms with Gasteiger partial charge in [0.1, 0.15) is 11.3 Å². The van der Waals surface area contributed by atoms with E-state index in [4.69, 9.17) is 17.3 Å². The van der Waals surface area contributed by atoms with Crippen LogP contribution in [0.15, 0.2) is 42.6 Å². The number of hydrogen-bond donors (Lipinski definition) is 2. The number of amides is 2. The van der Waals surface area contributed by atoms with E-state index in [1.807, 2.05) is 0 Å². The van der Waals surface area contributed by atoms with Crippen molar-refractivity contribution in [1.82, 2.24) is 9.78 Å². The fourth-order valence-corrected chi connectivity index (χ4v) is 2.59. The number of alkyl halides is 1. The lowest BCUT2D eigenvalue weighted by Crippen LogP contribution is -2.21. The van der Waals surface area contributed by atoms with E-state index in [0.29, 0.717) is 22.3 Å². The Labute approximate surface area is 153 Å². The molecule has 3 N–H and O–H groups in total. The zero-order valence-electron chi connectivity index (χ0n) is 13.9. The Kier molecular flexibility index (Phi) is 4.90. The number of anilines is 1. The molecule has 0 fully saturated rings. The summed E-state index contributed by atoms with van der Waals surface area (Å²) in [6.45, 7) is 1.74. The highest BCUT2D eigenvalue weighted by Gasteiger charge is 2.14. The summed E-state index contributed by atoms with van der Waals surface area (Å²) in [5.74, 6) is -1.53. The van der Waals surface area contributed by atoms with Crippen LogP contribution in [0.4, 0.5) is 10.1 Å². The summed E-state index contributed by atoms with van der Waals surface area (Å²) < 4.78 is 15.2. The molecule has 0 saturated heterocycles. The van der Waals surface area contributed by atoms with E-state index in [0.717, 1.165) is 6.07 Å². The Balaban J connectivity index is 1.91. The van der Waals surface area contributed by atoms with E-state index in [-0.39, 0.29) is 23.3 Å². The lowest BCUT2D eigenvalue weighted by molar-refractivity contribution is -0.118. The number of aromatic nitrogens is 2. The summed E-state index contributed by atoms with van der Waals surface area (Å²) in [5.41, 5.74) is 6.95. The molecule has 2 aromatic carbocycles. The predicted molar refractivity (Wildman–Crippen MR) is 98.1 cm³/mol. The zero-order chi connectivity index (χ0) is 18.8. The highest BCUT2D eigenvalue weighted by molar-refractivity contribution is 6.19. The standard InChI is InChI=1S/C18H16ClFN4O2/c1-10(8-19)18(26)22-13-2-4-14(5-3-13)24-9-11-6-12(20)7-15(17(21)25)16(11)23-24/h2-7,9-10H,8H2,1H3,(H2,21,25)(H,22,26). The average Bonchev–Trinajstić information content (AvgIpc) is 3.04. The van der Waals surface area contributed by atoms with Crippen LogP contribution in [-0.2, 0) is 4.79 Å². The quantitative estimate of drug-likeness (QED) is 0.672. The van der Waals surface area contributed by atoms with E-state index >= 15 is 0 Å². The maximum absolute atomic E-state index is 13.6. The maximum atomic E-state index is 13.6. The molecule has 0 bridgehead atoms. The number of primary amides is 1. The monoisotopic (exact) mass is 374 g/mol. The molecule has 0 aliphatic heterocycles. The fraction of sp³-hybridized carbons (Fsp3) is 0.167. The van der Waals surface area contributed by atoms with Crippen LogP contribution in [0.1, 0.15) is 17.3 Å². The number of nitrogens with one attached hydrogen (secondary N) is 1. The maximum Gasteiger partial charge on any atom is 0.251 e. The normalized spacial score (nSPS) is 12.1. The number of nitrogens with zero attached hydrogens (tertiary/aromatic N) is 2. The Morgan fingerprint density at radius 3 is 2.62 bits per heavy atom. The molecule has 3 aromatic rings. The van der Waals surface area contributed by atoms with Crippen LogP contribution >= 0.6 is 11.6 Å². The lowest BCUT2D eigenvalue weighted by Gasteiger charge is -2.09. The molecule has 1 atom stereocenters. The minimum atomic E-state index is -0.744. The second-order valence-electron chi connectivity index (χ2n) is 5.92. The molecule has 3 rings (SSSR count). The second-order valence-corrected chi connectivity index (χ2v) is 6.23. The molecule has 8 heteroatoms. The summed E-state index contributed by atoms with van der Waals surface area (Å²) in [5, 5.41) is 7.55. The molecule has 134 valence electrons. The summed E-state index contributed by atoms with van der Waals surface area (Å²) in [6, 6.07) is 9.28. The van der Waals surface area contributed by atoms with Crippen molar-refractivity contribution in [3.8, 4) is 5.69 Å². The van der Waals surface area contributed by atoms with Gasteiger partial charge in [0.25, 0.3) is 5.91 Å². The highest BCUT2D eigenvalue weighted by Crippen LogP contribution is 2.22. The first-order valence-corrected chi connectivity index (χ1v) is 8.38. The van der Waals surface area contributed by atoms with Gasteiger partial charge in [-0.25, -0.2) is 9.07 Å². The largest absolute Gasteiger partial charge is 0.366 e. The fourth-order valence-electron chi connectivity index (χ4n) is 2.45. The Morgan fingerprint density at radius 1 is 1.31 bits per heavy atom. The number of fused-ring (bicyclic) bond motifs is 1. The van der Waals surface area contributed by atoms with Gasteiger partial charge in [-0.15, -0.1) is 11.6 Å². The molecule has 0 saturated carbocycles. The van der Waals surface area contributed by atoms with Crippen molar-refractivity contribution in [2.75, 3.05) is 11.2 Å². The number of hydrogen-bond acceptors (Lipinski definition) is 3. The Bertz CT molecular complexity index is 985. The molecule has 1 unspecified atom stereocenters. The molecule has 6 nitrogen and oxygen atoms in total. The Hall–Kier alpha value is -2.93. The van der Waals surface area contributed by atoms with Gasteiger partial charge in [-0.2, -0.15) is 5.10 Å². The van der Waals surface area contributed by atoms with Gasteiger partial charge in [-0.05, 0) is 36.4 Å². The van der Waals surface area contributed by atoms with Crippen LogP contribution in [0, 0.1) is 11.7 Å². The van der Waals surface area contributed by atoms with E-state index in [9.17, 15) is 14.0 Å². The zero-order valence-corrected chi connectivity index (χ0v) is 14.6. The number of carbonyl (C=O) groups is 2. The smallest absolute Gasteiger partial charge is 0.251 e. The van der Waals surface area contributed by atoms with E-state index < -0.39 is 11.7 Å². The van der Waals surface area contributed by atoms with Gasteiger partial charge in [-0.3, -0.25) is 9.59 Å². The molecule has 1 heterocycles. The van der Waals surface area contributed by atoms with Crippen molar-refractivity contribution < 1.29 is 14.0 Å². The third-order valence-corrected chi connectivity index (χ3v) is 4.38. The molecule has 2 amide bonds. The number of benzene rings is 2. The van der Waals surface area contributed by atoms with Crippen LogP contribution in [0.25, 0.3) is 16.6 Å². The third kappa shape index (κ3) is 3.52. The Morgan fingerprint density at radius 2 is 2.00 bits per heavy atom. The van der Waals surface area contributed by atoms with Crippen LogP contribution in [-0.4, -0.2) is 27.5 Å². The topological polar surface area (TPSA) is 90.0 Å². The summed E-state index contributed by atoms with van der Waals surface area (Å²) in [4.78, 5) is 23.4. The minimum Gasteiger partial charge on any atom is -0.366 e. The van der Waals surface area contributed by atoms with Crippen LogP contribution < -0.4 is 11.1 Å². The summed E-state index contributed by atoms with van der Waals surface area (Å²) in [7, 11) is 0. The van der Waals surface area contributed by atoms with Gasteiger partial charge in [-0.1, -0.05) is 6.92 Å². The first-order chi connectivity index (χ1) is 12.4. The van der Waals surface area contributed by atoms with Crippen molar-refractivity contribution in [2.45, 2.75) is 6.92 Å². The van der Waals surface area contributed by atoms with Crippen molar-refractivity contribution >= 4 is 40.0 Å². The van der Waals surface area contributed by atoms with Crippen molar-refractivity contribution in [2.24, 2.45) is 11.7 Å².